The van der Waals surface area contributed by atoms with E-state index in [0.29, 0.717) is 19.8 Å². The lowest BCUT2D eigenvalue weighted by atomic mass is 10.2. The number of hydrogen-bond acceptors (Lipinski definition) is 2. The van der Waals surface area contributed by atoms with Crippen molar-refractivity contribution in [2.24, 2.45) is 0 Å². The van der Waals surface area contributed by atoms with Gasteiger partial charge in [-0.3, -0.25) is 0 Å². The van der Waals surface area contributed by atoms with Gasteiger partial charge in [-0.2, -0.15) is 0 Å². The molecule has 0 bridgehead atoms. The number of methoxy groups -OCH3 is 1. The number of benzene rings is 1. The van der Waals surface area contributed by atoms with E-state index >= 15 is 0 Å². The zero-order valence-corrected chi connectivity index (χ0v) is 11.4. The van der Waals surface area contributed by atoms with Gasteiger partial charge in [-0.05, 0) is 5.56 Å². The largest absolute Gasteiger partial charge is 0.382 e. The summed E-state index contributed by atoms with van der Waals surface area (Å²) in [7, 11) is 1.68. The molecular weight excluding hydrogens is 240 g/mol. The smallest absolute Gasteiger partial charge is 0.244 e. The summed E-state index contributed by atoms with van der Waals surface area (Å²) in [6, 6.07) is 10.4. The molecule has 0 unspecified atom stereocenters. The van der Waals surface area contributed by atoms with Crippen LogP contribution in [0.15, 0.2) is 49.1 Å². The van der Waals surface area contributed by atoms with Gasteiger partial charge in [0.25, 0.3) is 0 Å². The van der Waals surface area contributed by atoms with Crippen molar-refractivity contribution in [2.75, 3.05) is 26.9 Å². The highest BCUT2D eigenvalue weighted by Crippen LogP contribution is 1.97. The summed E-state index contributed by atoms with van der Waals surface area (Å²) in [6.07, 6.45) is 6.26. The minimum absolute atomic E-state index is 0.652. The molecule has 102 valence electrons. The molecular formula is C15H21N2O2+. The van der Waals surface area contributed by atoms with Gasteiger partial charge in [0.15, 0.2) is 0 Å². The van der Waals surface area contributed by atoms with Gasteiger partial charge in [-0.1, -0.05) is 30.3 Å². The minimum atomic E-state index is 0.652. The lowest BCUT2D eigenvalue weighted by Crippen LogP contribution is -2.31. The van der Waals surface area contributed by atoms with Gasteiger partial charge < -0.3 is 9.47 Å². The summed E-state index contributed by atoms with van der Waals surface area (Å²) in [4.78, 5) is 0. The fourth-order valence-corrected chi connectivity index (χ4v) is 1.87. The van der Waals surface area contributed by atoms with Crippen molar-refractivity contribution in [3.63, 3.8) is 0 Å². The average Bonchev–Trinajstić information content (AvgIpc) is 2.87. The topological polar surface area (TPSA) is 27.3 Å². The van der Waals surface area contributed by atoms with E-state index in [-0.39, 0.29) is 0 Å². The van der Waals surface area contributed by atoms with Crippen molar-refractivity contribution in [2.45, 2.75) is 13.1 Å². The lowest BCUT2D eigenvalue weighted by molar-refractivity contribution is -0.687. The van der Waals surface area contributed by atoms with E-state index in [9.17, 15) is 0 Å². The summed E-state index contributed by atoms with van der Waals surface area (Å²) in [5, 5.41) is 0. The highest BCUT2D eigenvalue weighted by atomic mass is 16.5. The van der Waals surface area contributed by atoms with Crippen LogP contribution in [-0.4, -0.2) is 31.5 Å². The third-order valence-electron chi connectivity index (χ3n) is 2.88. The van der Waals surface area contributed by atoms with Crippen molar-refractivity contribution in [1.82, 2.24) is 4.57 Å². The Balaban J connectivity index is 1.76. The second-order valence-corrected chi connectivity index (χ2v) is 4.41. The molecule has 1 aromatic heterocycles. The highest BCUT2D eigenvalue weighted by molar-refractivity contribution is 5.13. The third kappa shape index (κ3) is 4.85. The number of hydrogen-bond donors (Lipinski definition) is 0. The number of aromatic nitrogens is 2. The quantitative estimate of drug-likeness (QED) is 0.532. The van der Waals surface area contributed by atoms with E-state index in [4.69, 9.17) is 9.47 Å². The number of nitrogens with zero attached hydrogens (tertiary/aromatic N) is 2. The average molecular weight is 261 g/mol. The van der Waals surface area contributed by atoms with E-state index in [0.717, 1.165) is 13.1 Å². The van der Waals surface area contributed by atoms with Gasteiger partial charge in [-0.25, -0.2) is 9.13 Å². The van der Waals surface area contributed by atoms with Crippen molar-refractivity contribution in [3.8, 4) is 0 Å². The first-order valence-corrected chi connectivity index (χ1v) is 6.54. The fourth-order valence-electron chi connectivity index (χ4n) is 1.87. The Kier molecular flexibility index (Phi) is 5.59. The maximum Gasteiger partial charge on any atom is 0.244 e. The van der Waals surface area contributed by atoms with E-state index in [1.165, 1.54) is 5.56 Å². The minimum Gasteiger partial charge on any atom is -0.382 e. The first-order chi connectivity index (χ1) is 9.38. The predicted molar refractivity (Wildman–Crippen MR) is 72.9 cm³/mol. The summed E-state index contributed by atoms with van der Waals surface area (Å²) in [6.45, 7) is 3.79. The van der Waals surface area contributed by atoms with E-state index < -0.39 is 0 Å². The summed E-state index contributed by atoms with van der Waals surface area (Å²) in [5.74, 6) is 0. The van der Waals surface area contributed by atoms with Crippen molar-refractivity contribution >= 4 is 0 Å². The molecule has 0 N–H and O–H groups in total. The van der Waals surface area contributed by atoms with Gasteiger partial charge in [-0.15, -0.1) is 0 Å². The molecule has 0 radical (unpaired) electrons. The Labute approximate surface area is 114 Å². The van der Waals surface area contributed by atoms with Crippen LogP contribution >= 0.6 is 0 Å². The van der Waals surface area contributed by atoms with Crippen LogP contribution in [0.3, 0.4) is 0 Å². The van der Waals surface area contributed by atoms with Gasteiger partial charge in [0.2, 0.25) is 6.33 Å². The molecule has 0 spiro atoms. The first-order valence-electron chi connectivity index (χ1n) is 6.54. The summed E-state index contributed by atoms with van der Waals surface area (Å²) >= 11 is 0. The molecule has 0 fully saturated rings. The van der Waals surface area contributed by atoms with Crippen molar-refractivity contribution < 1.29 is 14.0 Å². The van der Waals surface area contributed by atoms with Gasteiger partial charge in [0.1, 0.15) is 25.5 Å². The fraction of sp³-hybridized carbons (Fsp3) is 0.400. The van der Waals surface area contributed by atoms with Crippen molar-refractivity contribution in [1.29, 1.82) is 0 Å². The van der Waals surface area contributed by atoms with Gasteiger partial charge >= 0.3 is 0 Å². The molecule has 2 rings (SSSR count). The lowest BCUT2D eigenvalue weighted by Gasteiger charge is -2.01. The summed E-state index contributed by atoms with van der Waals surface area (Å²) < 4.78 is 14.7. The van der Waals surface area contributed by atoms with Crippen LogP contribution in [0, 0.1) is 0 Å². The molecule has 19 heavy (non-hydrogen) atoms. The van der Waals surface area contributed by atoms with Crippen LogP contribution in [0.1, 0.15) is 5.56 Å². The van der Waals surface area contributed by atoms with Crippen LogP contribution in [0.2, 0.25) is 0 Å². The standard InChI is InChI=1S/C15H21N2O2/c1-18-11-12-19-10-9-16-7-8-17(14-16)13-15-5-3-2-4-6-15/h2-8,14H,9-13H2,1H3/q+1. The highest BCUT2D eigenvalue weighted by Gasteiger charge is 2.04. The first kappa shape index (κ1) is 13.8. The molecule has 2 aromatic rings. The number of imidazole rings is 1. The summed E-state index contributed by atoms with van der Waals surface area (Å²) in [5.41, 5.74) is 1.31. The van der Waals surface area contributed by atoms with Crippen LogP contribution in [-0.2, 0) is 22.6 Å². The van der Waals surface area contributed by atoms with Gasteiger partial charge in [0.05, 0.1) is 19.8 Å². The Bertz CT molecular complexity index is 468. The van der Waals surface area contributed by atoms with Gasteiger partial charge in [0, 0.05) is 7.11 Å². The van der Waals surface area contributed by atoms with Crippen LogP contribution < -0.4 is 4.57 Å². The van der Waals surface area contributed by atoms with Crippen molar-refractivity contribution in [3.05, 3.63) is 54.6 Å². The molecule has 1 heterocycles. The SMILES string of the molecule is COCCOCCn1cc[n+](Cc2ccccc2)c1. The van der Waals surface area contributed by atoms with Crippen LogP contribution in [0.5, 0.6) is 0 Å². The van der Waals surface area contributed by atoms with E-state index in [1.807, 2.05) is 6.07 Å². The normalized spacial score (nSPS) is 10.8. The molecule has 1 aromatic carbocycles. The molecule has 0 amide bonds. The monoisotopic (exact) mass is 261 g/mol. The second kappa shape index (κ2) is 7.71. The Hall–Kier alpha value is -1.65. The van der Waals surface area contributed by atoms with Crippen LogP contribution in [0.25, 0.3) is 0 Å². The Morgan fingerprint density at radius 1 is 1.11 bits per heavy atom. The maximum atomic E-state index is 5.45. The molecule has 4 heteroatoms. The predicted octanol–water partition coefficient (Wildman–Crippen LogP) is 1.49. The zero-order valence-electron chi connectivity index (χ0n) is 11.4. The molecule has 4 nitrogen and oxygen atoms in total. The number of ether oxygens (including phenoxy) is 2. The zero-order chi connectivity index (χ0) is 13.3. The molecule has 0 atom stereocenters. The Morgan fingerprint density at radius 3 is 2.74 bits per heavy atom. The third-order valence-corrected chi connectivity index (χ3v) is 2.88. The molecule has 0 aliphatic carbocycles. The Morgan fingerprint density at radius 2 is 1.95 bits per heavy atom. The van der Waals surface area contributed by atoms with E-state index in [1.54, 1.807) is 7.11 Å². The molecule has 0 saturated carbocycles. The van der Waals surface area contributed by atoms with E-state index in [2.05, 4.69) is 52.1 Å². The molecule has 0 aliphatic rings. The molecule has 0 saturated heterocycles. The maximum absolute atomic E-state index is 5.45. The number of rotatable bonds is 8. The molecule has 0 aliphatic heterocycles. The second-order valence-electron chi connectivity index (χ2n) is 4.41. The van der Waals surface area contributed by atoms with Crippen LogP contribution in [0.4, 0.5) is 0 Å².